The van der Waals surface area contributed by atoms with Gasteiger partial charge in [0.15, 0.2) is 11.5 Å². The van der Waals surface area contributed by atoms with Gasteiger partial charge in [0.05, 0.1) is 27.5 Å². The molecule has 0 aliphatic carbocycles. The van der Waals surface area contributed by atoms with Crippen LogP contribution in [0.15, 0.2) is 24.5 Å². The fourth-order valence-corrected chi connectivity index (χ4v) is 2.15. The Bertz CT molecular complexity index is 576. The Morgan fingerprint density at radius 2 is 1.59 bits per heavy atom. The highest BCUT2D eigenvalue weighted by Crippen LogP contribution is 2.38. The van der Waals surface area contributed by atoms with Gasteiger partial charge >= 0.3 is 0 Å². The topological polar surface area (TPSA) is 57.5 Å². The summed E-state index contributed by atoms with van der Waals surface area (Å²) in [6.07, 6.45) is 3.84. The van der Waals surface area contributed by atoms with E-state index >= 15 is 0 Å². The summed E-state index contributed by atoms with van der Waals surface area (Å²) in [4.78, 5) is 0. The molecule has 0 radical (unpaired) electrons. The van der Waals surface area contributed by atoms with Crippen molar-refractivity contribution in [3.63, 3.8) is 0 Å². The maximum absolute atomic E-state index is 5.34. The van der Waals surface area contributed by atoms with Gasteiger partial charge in [0.25, 0.3) is 0 Å². The van der Waals surface area contributed by atoms with Gasteiger partial charge in [-0.3, -0.25) is 4.68 Å². The van der Waals surface area contributed by atoms with Crippen molar-refractivity contribution in [2.75, 3.05) is 21.3 Å². The van der Waals surface area contributed by atoms with E-state index in [1.165, 1.54) is 0 Å². The second-order valence-corrected chi connectivity index (χ2v) is 4.66. The van der Waals surface area contributed by atoms with Crippen LogP contribution in [0.4, 0.5) is 0 Å². The van der Waals surface area contributed by atoms with Crippen LogP contribution in [-0.2, 0) is 20.1 Å². The first-order valence-corrected chi connectivity index (χ1v) is 6.65. The Labute approximate surface area is 136 Å². The fourth-order valence-electron chi connectivity index (χ4n) is 2.15. The number of nitrogens with zero attached hydrogens (tertiary/aromatic N) is 2. The van der Waals surface area contributed by atoms with E-state index in [-0.39, 0.29) is 12.4 Å². The van der Waals surface area contributed by atoms with Crippen molar-refractivity contribution in [3.8, 4) is 17.2 Å². The maximum Gasteiger partial charge on any atom is 0.203 e. The molecule has 0 aliphatic heterocycles. The summed E-state index contributed by atoms with van der Waals surface area (Å²) in [7, 11) is 6.73. The van der Waals surface area contributed by atoms with Gasteiger partial charge in [0.1, 0.15) is 0 Å². The molecule has 1 aromatic heterocycles. The Kier molecular flexibility index (Phi) is 7.01. The SMILES string of the molecule is COc1cc(CNCc2cnn(C)c2)cc(OC)c1OC.Cl. The standard InChI is InChI=1S/C15H21N3O3.ClH/c1-18-10-12(9-17-18)8-16-7-11-5-13(19-2)15(21-4)14(6-11)20-3;/h5-6,9-10,16H,7-8H2,1-4H3;1H. The molecule has 1 N–H and O–H groups in total. The molecular weight excluding hydrogens is 306 g/mol. The minimum atomic E-state index is 0. The van der Waals surface area contributed by atoms with Crippen LogP contribution < -0.4 is 19.5 Å². The van der Waals surface area contributed by atoms with Crippen molar-refractivity contribution in [2.45, 2.75) is 13.1 Å². The van der Waals surface area contributed by atoms with Gasteiger partial charge in [-0.2, -0.15) is 5.10 Å². The van der Waals surface area contributed by atoms with Gasteiger partial charge in [0, 0.05) is 31.9 Å². The molecule has 0 aliphatic rings. The molecule has 0 amide bonds. The van der Waals surface area contributed by atoms with Crippen molar-refractivity contribution < 1.29 is 14.2 Å². The minimum Gasteiger partial charge on any atom is -0.493 e. The molecule has 22 heavy (non-hydrogen) atoms. The second kappa shape index (κ2) is 8.51. The van der Waals surface area contributed by atoms with Crippen LogP contribution in [-0.4, -0.2) is 31.1 Å². The number of ether oxygens (including phenoxy) is 3. The number of halogens is 1. The Morgan fingerprint density at radius 3 is 2.05 bits per heavy atom. The molecule has 0 saturated carbocycles. The van der Waals surface area contributed by atoms with E-state index in [4.69, 9.17) is 14.2 Å². The molecule has 0 atom stereocenters. The number of aromatic nitrogens is 2. The lowest BCUT2D eigenvalue weighted by Crippen LogP contribution is -2.12. The number of hydrogen-bond acceptors (Lipinski definition) is 5. The fraction of sp³-hybridized carbons (Fsp3) is 0.400. The van der Waals surface area contributed by atoms with Crippen LogP contribution in [0.25, 0.3) is 0 Å². The molecule has 2 aromatic rings. The molecule has 0 unspecified atom stereocenters. The second-order valence-electron chi connectivity index (χ2n) is 4.66. The summed E-state index contributed by atoms with van der Waals surface area (Å²) in [6, 6.07) is 3.88. The van der Waals surface area contributed by atoms with Crippen molar-refractivity contribution in [3.05, 3.63) is 35.7 Å². The molecule has 0 saturated heterocycles. The number of methoxy groups -OCH3 is 3. The van der Waals surface area contributed by atoms with Crippen LogP contribution >= 0.6 is 12.4 Å². The van der Waals surface area contributed by atoms with Crippen molar-refractivity contribution in [1.29, 1.82) is 0 Å². The van der Waals surface area contributed by atoms with Crippen molar-refractivity contribution in [2.24, 2.45) is 7.05 Å². The van der Waals surface area contributed by atoms with Gasteiger partial charge in [-0.05, 0) is 17.7 Å². The first-order valence-electron chi connectivity index (χ1n) is 6.65. The first kappa shape index (κ1) is 18.1. The third-order valence-electron chi connectivity index (χ3n) is 3.14. The van der Waals surface area contributed by atoms with Gasteiger partial charge in [0.2, 0.25) is 5.75 Å². The van der Waals surface area contributed by atoms with E-state index in [9.17, 15) is 0 Å². The third kappa shape index (κ3) is 4.29. The van der Waals surface area contributed by atoms with E-state index in [1.54, 1.807) is 26.0 Å². The lowest BCUT2D eigenvalue weighted by atomic mass is 10.1. The quantitative estimate of drug-likeness (QED) is 0.844. The predicted molar refractivity (Wildman–Crippen MR) is 87.1 cm³/mol. The number of nitrogens with one attached hydrogen (secondary N) is 1. The highest BCUT2D eigenvalue weighted by molar-refractivity contribution is 5.85. The Hall–Kier alpha value is -1.92. The van der Waals surface area contributed by atoms with E-state index < -0.39 is 0 Å². The summed E-state index contributed by atoms with van der Waals surface area (Å²) in [6.45, 7) is 1.45. The summed E-state index contributed by atoms with van der Waals surface area (Å²) in [5.74, 6) is 1.93. The van der Waals surface area contributed by atoms with E-state index in [2.05, 4.69) is 10.4 Å². The monoisotopic (exact) mass is 327 g/mol. The third-order valence-corrected chi connectivity index (χ3v) is 3.14. The van der Waals surface area contributed by atoms with E-state index in [1.807, 2.05) is 31.6 Å². The van der Waals surface area contributed by atoms with Crippen LogP contribution in [0.2, 0.25) is 0 Å². The van der Waals surface area contributed by atoms with E-state index in [0.29, 0.717) is 23.8 Å². The number of hydrogen-bond donors (Lipinski definition) is 1. The highest BCUT2D eigenvalue weighted by atomic mass is 35.5. The van der Waals surface area contributed by atoms with Gasteiger partial charge < -0.3 is 19.5 Å². The van der Waals surface area contributed by atoms with Crippen LogP contribution in [0, 0.1) is 0 Å². The van der Waals surface area contributed by atoms with Crippen LogP contribution in [0.5, 0.6) is 17.2 Å². The molecule has 7 heteroatoms. The molecule has 2 rings (SSSR count). The summed E-state index contributed by atoms with van der Waals surface area (Å²) in [5, 5.41) is 7.51. The minimum absolute atomic E-state index is 0. The average molecular weight is 328 g/mol. The molecular formula is C15H22ClN3O3. The van der Waals surface area contributed by atoms with Crippen LogP contribution in [0.1, 0.15) is 11.1 Å². The number of benzene rings is 1. The first-order chi connectivity index (χ1) is 10.2. The van der Waals surface area contributed by atoms with Gasteiger partial charge in [-0.15, -0.1) is 12.4 Å². The molecule has 122 valence electrons. The lowest BCUT2D eigenvalue weighted by Gasteiger charge is -2.14. The molecule has 6 nitrogen and oxygen atoms in total. The van der Waals surface area contributed by atoms with Crippen LogP contribution in [0.3, 0.4) is 0 Å². The number of aryl methyl sites for hydroxylation is 1. The maximum atomic E-state index is 5.34. The van der Waals surface area contributed by atoms with Crippen molar-refractivity contribution >= 4 is 12.4 Å². The Balaban J connectivity index is 0.00000242. The summed E-state index contributed by atoms with van der Waals surface area (Å²) in [5.41, 5.74) is 2.21. The smallest absolute Gasteiger partial charge is 0.203 e. The molecule has 0 fully saturated rings. The zero-order chi connectivity index (χ0) is 15.2. The summed E-state index contributed by atoms with van der Waals surface area (Å²) >= 11 is 0. The molecule has 0 bridgehead atoms. The Morgan fingerprint density at radius 1 is 1.00 bits per heavy atom. The van der Waals surface area contributed by atoms with Gasteiger partial charge in [-0.1, -0.05) is 0 Å². The lowest BCUT2D eigenvalue weighted by molar-refractivity contribution is 0.323. The molecule has 0 spiro atoms. The normalized spacial score (nSPS) is 10.0. The number of rotatable bonds is 7. The predicted octanol–water partition coefficient (Wildman–Crippen LogP) is 2.16. The largest absolute Gasteiger partial charge is 0.493 e. The zero-order valence-corrected chi connectivity index (χ0v) is 14.1. The highest BCUT2D eigenvalue weighted by Gasteiger charge is 2.12. The molecule has 1 aromatic carbocycles. The molecule has 1 heterocycles. The van der Waals surface area contributed by atoms with Crippen molar-refractivity contribution in [1.82, 2.24) is 15.1 Å². The van der Waals surface area contributed by atoms with E-state index in [0.717, 1.165) is 17.7 Å². The zero-order valence-electron chi connectivity index (χ0n) is 13.3. The average Bonchev–Trinajstić information content (AvgIpc) is 2.91. The van der Waals surface area contributed by atoms with Gasteiger partial charge in [-0.25, -0.2) is 0 Å². The summed E-state index contributed by atoms with van der Waals surface area (Å²) < 4.78 is 17.8.